The number of hydrogen-bond acceptors (Lipinski definition) is 3. The van der Waals surface area contributed by atoms with Gasteiger partial charge in [0.2, 0.25) is 0 Å². The lowest BCUT2D eigenvalue weighted by atomic mass is 9.86. The maximum atomic E-state index is 11.9. The molecule has 0 spiro atoms. The lowest BCUT2D eigenvalue weighted by molar-refractivity contribution is -0.137. The summed E-state index contributed by atoms with van der Waals surface area (Å²) in [4.78, 5) is 27.6. The fraction of sp³-hybridized carbons (Fsp3) is 0.500. The molecule has 2 amide bonds. The van der Waals surface area contributed by atoms with E-state index in [-0.39, 0.29) is 11.2 Å². The summed E-state index contributed by atoms with van der Waals surface area (Å²) < 4.78 is 0. The molecule has 1 fully saturated rings. The second kappa shape index (κ2) is 6.70. The van der Waals surface area contributed by atoms with E-state index in [2.05, 4.69) is 22.5 Å². The third-order valence-electron chi connectivity index (χ3n) is 3.64. The summed E-state index contributed by atoms with van der Waals surface area (Å²) in [7, 11) is 0. The van der Waals surface area contributed by atoms with E-state index in [1.165, 1.54) is 12.6 Å². The van der Waals surface area contributed by atoms with E-state index in [4.69, 9.17) is 11.6 Å². The Bertz CT molecular complexity index is 507. The molecule has 1 aliphatic carbocycles. The van der Waals surface area contributed by atoms with Gasteiger partial charge in [-0.25, -0.2) is 4.98 Å². The van der Waals surface area contributed by atoms with Crippen molar-refractivity contribution >= 4 is 29.1 Å². The van der Waals surface area contributed by atoms with E-state index in [1.807, 2.05) is 0 Å². The minimum atomic E-state index is -0.710. The highest BCUT2D eigenvalue weighted by Gasteiger charge is 2.25. The lowest BCUT2D eigenvalue weighted by Crippen LogP contribution is -2.45. The standard InChI is InChI=1S/C14H18ClN3O2/c1-9-5-2-3-6-10(9)17-13(19)14(20)18-11-7-4-8-16-12(11)15/h4,7-10H,2-3,5-6H2,1H3,(H,17,19)(H,18,20). The fourth-order valence-corrected chi connectivity index (χ4v) is 2.59. The molecule has 1 saturated carbocycles. The minimum absolute atomic E-state index is 0.0753. The molecule has 2 unspecified atom stereocenters. The van der Waals surface area contributed by atoms with Crippen molar-refractivity contribution < 1.29 is 9.59 Å². The summed E-state index contributed by atoms with van der Waals surface area (Å²) in [6, 6.07) is 3.32. The number of anilines is 1. The molecule has 108 valence electrons. The van der Waals surface area contributed by atoms with E-state index < -0.39 is 11.8 Å². The van der Waals surface area contributed by atoms with Crippen LogP contribution in [0.3, 0.4) is 0 Å². The first kappa shape index (κ1) is 14.8. The molecule has 0 radical (unpaired) electrons. The van der Waals surface area contributed by atoms with Gasteiger partial charge in [0.05, 0.1) is 5.69 Å². The molecule has 0 bridgehead atoms. The summed E-state index contributed by atoms with van der Waals surface area (Å²) in [6.07, 6.45) is 5.80. The first-order chi connectivity index (χ1) is 9.58. The van der Waals surface area contributed by atoms with Crippen molar-refractivity contribution in [2.24, 2.45) is 5.92 Å². The summed E-state index contributed by atoms with van der Waals surface area (Å²) in [5, 5.41) is 5.43. The summed E-state index contributed by atoms with van der Waals surface area (Å²) in [5.74, 6) is -0.927. The Balaban J connectivity index is 1.92. The number of hydrogen-bond donors (Lipinski definition) is 2. The molecule has 1 aromatic rings. The van der Waals surface area contributed by atoms with E-state index in [0.29, 0.717) is 11.6 Å². The van der Waals surface area contributed by atoms with E-state index in [1.54, 1.807) is 12.1 Å². The van der Waals surface area contributed by atoms with Gasteiger partial charge in [0, 0.05) is 12.2 Å². The highest BCUT2D eigenvalue weighted by molar-refractivity contribution is 6.41. The van der Waals surface area contributed by atoms with Gasteiger partial charge in [0.25, 0.3) is 0 Å². The van der Waals surface area contributed by atoms with Crippen molar-refractivity contribution in [3.05, 3.63) is 23.5 Å². The van der Waals surface area contributed by atoms with E-state index in [0.717, 1.165) is 19.3 Å². The number of aromatic nitrogens is 1. The predicted octanol–water partition coefficient (Wildman–Crippen LogP) is 2.37. The maximum absolute atomic E-state index is 11.9. The van der Waals surface area contributed by atoms with Crippen LogP contribution >= 0.6 is 11.6 Å². The number of carbonyl (C=O) groups excluding carboxylic acids is 2. The Morgan fingerprint density at radius 1 is 1.30 bits per heavy atom. The number of amides is 2. The smallest absolute Gasteiger partial charge is 0.313 e. The molecule has 2 atom stereocenters. The number of carbonyl (C=O) groups is 2. The summed E-state index contributed by atoms with van der Waals surface area (Å²) >= 11 is 5.83. The molecule has 2 N–H and O–H groups in total. The van der Waals surface area contributed by atoms with Gasteiger partial charge in [-0.05, 0) is 30.9 Å². The Morgan fingerprint density at radius 3 is 2.75 bits per heavy atom. The topological polar surface area (TPSA) is 71.1 Å². The van der Waals surface area contributed by atoms with Crippen molar-refractivity contribution in [2.45, 2.75) is 38.6 Å². The fourth-order valence-electron chi connectivity index (χ4n) is 2.42. The Labute approximate surface area is 123 Å². The van der Waals surface area contributed by atoms with Gasteiger partial charge >= 0.3 is 11.8 Å². The van der Waals surface area contributed by atoms with Gasteiger partial charge in [0.15, 0.2) is 5.15 Å². The van der Waals surface area contributed by atoms with Crippen LogP contribution in [-0.2, 0) is 9.59 Å². The van der Waals surface area contributed by atoms with Crippen molar-refractivity contribution in [3.63, 3.8) is 0 Å². The van der Waals surface area contributed by atoms with Gasteiger partial charge in [-0.2, -0.15) is 0 Å². The normalized spacial score (nSPS) is 22.1. The van der Waals surface area contributed by atoms with Crippen LogP contribution in [0.15, 0.2) is 18.3 Å². The molecule has 5 nitrogen and oxygen atoms in total. The molecule has 20 heavy (non-hydrogen) atoms. The number of nitrogens with one attached hydrogen (secondary N) is 2. The Kier molecular flexibility index (Phi) is 4.95. The second-order valence-electron chi connectivity index (χ2n) is 5.14. The van der Waals surface area contributed by atoms with Crippen molar-refractivity contribution in [1.29, 1.82) is 0 Å². The van der Waals surface area contributed by atoms with Crippen molar-refractivity contribution in [1.82, 2.24) is 10.3 Å². The van der Waals surface area contributed by atoms with Crippen molar-refractivity contribution in [2.75, 3.05) is 5.32 Å². The zero-order valence-corrected chi connectivity index (χ0v) is 12.1. The van der Waals surface area contributed by atoms with Crippen LogP contribution in [0, 0.1) is 5.92 Å². The molecular weight excluding hydrogens is 278 g/mol. The minimum Gasteiger partial charge on any atom is -0.345 e. The monoisotopic (exact) mass is 295 g/mol. The SMILES string of the molecule is CC1CCCCC1NC(=O)C(=O)Nc1cccnc1Cl. The molecule has 6 heteroatoms. The average molecular weight is 296 g/mol. The van der Waals surface area contributed by atoms with E-state index in [9.17, 15) is 9.59 Å². The molecule has 0 aliphatic heterocycles. The van der Waals surface area contributed by atoms with Crippen LogP contribution in [0.25, 0.3) is 0 Å². The summed E-state index contributed by atoms with van der Waals surface area (Å²) in [5.41, 5.74) is 0.339. The van der Waals surface area contributed by atoms with Gasteiger partial charge in [-0.15, -0.1) is 0 Å². The molecule has 0 saturated heterocycles. The zero-order chi connectivity index (χ0) is 14.5. The average Bonchev–Trinajstić information content (AvgIpc) is 2.43. The highest BCUT2D eigenvalue weighted by atomic mass is 35.5. The third kappa shape index (κ3) is 3.70. The van der Waals surface area contributed by atoms with Gasteiger partial charge in [-0.3, -0.25) is 9.59 Å². The highest BCUT2D eigenvalue weighted by Crippen LogP contribution is 2.23. The molecule has 1 aromatic heterocycles. The van der Waals surface area contributed by atoms with Gasteiger partial charge < -0.3 is 10.6 Å². The quantitative estimate of drug-likeness (QED) is 0.650. The molecular formula is C14H18ClN3O2. The molecule has 1 heterocycles. The maximum Gasteiger partial charge on any atom is 0.313 e. The lowest BCUT2D eigenvalue weighted by Gasteiger charge is -2.29. The van der Waals surface area contributed by atoms with Crippen LogP contribution in [0.1, 0.15) is 32.6 Å². The number of nitrogens with zero attached hydrogens (tertiary/aromatic N) is 1. The second-order valence-corrected chi connectivity index (χ2v) is 5.50. The van der Waals surface area contributed by atoms with Gasteiger partial charge in [0.1, 0.15) is 0 Å². The summed E-state index contributed by atoms with van der Waals surface area (Å²) in [6.45, 7) is 2.10. The number of halogens is 1. The largest absolute Gasteiger partial charge is 0.345 e. The van der Waals surface area contributed by atoms with Crippen LogP contribution < -0.4 is 10.6 Å². The van der Waals surface area contributed by atoms with Crippen LogP contribution in [0.2, 0.25) is 5.15 Å². The molecule has 0 aromatic carbocycles. The third-order valence-corrected chi connectivity index (χ3v) is 3.94. The van der Waals surface area contributed by atoms with Crippen molar-refractivity contribution in [3.8, 4) is 0 Å². The van der Waals surface area contributed by atoms with E-state index >= 15 is 0 Å². The number of pyridine rings is 1. The predicted molar refractivity (Wildman–Crippen MR) is 77.4 cm³/mol. The van der Waals surface area contributed by atoms with Crippen LogP contribution in [-0.4, -0.2) is 22.8 Å². The zero-order valence-electron chi connectivity index (χ0n) is 11.4. The Morgan fingerprint density at radius 2 is 2.05 bits per heavy atom. The van der Waals surface area contributed by atoms with Crippen LogP contribution in [0.5, 0.6) is 0 Å². The first-order valence-electron chi connectivity index (χ1n) is 6.80. The molecule has 2 rings (SSSR count). The van der Waals surface area contributed by atoms with Gasteiger partial charge in [-0.1, -0.05) is 31.4 Å². The number of rotatable bonds is 2. The van der Waals surface area contributed by atoms with Crippen LogP contribution in [0.4, 0.5) is 5.69 Å². The first-order valence-corrected chi connectivity index (χ1v) is 7.18. The Hall–Kier alpha value is -1.62. The molecule has 1 aliphatic rings.